The van der Waals surface area contributed by atoms with Crippen molar-refractivity contribution in [2.45, 2.75) is 83.5 Å². The Morgan fingerprint density at radius 1 is 0.562 bits per heavy atom. The minimum Gasteiger partial charge on any atom is -0.304 e. The van der Waals surface area contributed by atoms with E-state index in [0.29, 0.717) is 0 Å². The van der Waals surface area contributed by atoms with E-state index in [1.54, 1.807) is 0 Å². The number of aryl methyl sites for hydroxylation is 2. The van der Waals surface area contributed by atoms with Crippen LogP contribution in [0.3, 0.4) is 0 Å². The minimum absolute atomic E-state index is 0. The summed E-state index contributed by atoms with van der Waals surface area (Å²) in [4.78, 5) is 4.98. The Labute approximate surface area is 299 Å². The van der Waals surface area contributed by atoms with Gasteiger partial charge in [0.15, 0.2) is 0 Å². The number of hydrogen-bond acceptors (Lipinski definition) is 1. The first-order valence-corrected chi connectivity index (χ1v) is 17.4. The van der Waals surface area contributed by atoms with Gasteiger partial charge >= 0.3 is 0 Å². The monoisotopic (exact) mass is 801 g/mol. The van der Waals surface area contributed by atoms with Crippen LogP contribution >= 0.6 is 0 Å². The molecule has 6 aromatic rings. The Morgan fingerprint density at radius 2 is 1.19 bits per heavy atom. The summed E-state index contributed by atoms with van der Waals surface area (Å²) in [5, 5.41) is 2.54. The van der Waals surface area contributed by atoms with Crippen molar-refractivity contribution in [3.05, 3.63) is 148 Å². The molecule has 0 amide bonds. The van der Waals surface area contributed by atoms with Gasteiger partial charge in [-0.2, -0.15) is 0 Å². The third-order valence-electron chi connectivity index (χ3n) is 12.1. The summed E-state index contributed by atoms with van der Waals surface area (Å²) in [7, 11) is 0. The molecule has 5 aromatic carbocycles. The number of aromatic nitrogens is 1. The molecule has 0 fully saturated rings. The van der Waals surface area contributed by atoms with Crippen LogP contribution in [0.25, 0.3) is 44.3 Å². The quantitative estimate of drug-likeness (QED) is 0.159. The Bertz CT molecular complexity index is 2290. The van der Waals surface area contributed by atoms with Crippen molar-refractivity contribution < 1.29 is 20.1 Å². The first kappa shape index (κ1) is 31.4. The van der Waals surface area contributed by atoms with Gasteiger partial charge in [0.2, 0.25) is 0 Å². The Kier molecular flexibility index (Phi) is 7.09. The maximum Gasteiger partial charge on any atom is 0.0167 e. The fourth-order valence-corrected chi connectivity index (χ4v) is 9.25. The van der Waals surface area contributed by atoms with Crippen LogP contribution in [0.15, 0.2) is 97.2 Å². The zero-order chi connectivity index (χ0) is 32.3. The number of nitrogens with zero attached hydrogens (tertiary/aromatic N) is 1. The largest absolute Gasteiger partial charge is 0.304 e. The van der Waals surface area contributed by atoms with Gasteiger partial charge in [-0.25, -0.2) is 0 Å². The Morgan fingerprint density at radius 3 is 1.98 bits per heavy atom. The van der Waals surface area contributed by atoms with Crippen molar-refractivity contribution in [2.75, 3.05) is 0 Å². The minimum atomic E-state index is -0.184. The fraction of sp³-hybridized carbons (Fsp3) is 0.283. The molecule has 9 rings (SSSR count). The molecule has 0 aliphatic heterocycles. The van der Waals surface area contributed by atoms with E-state index < -0.39 is 0 Å². The summed E-state index contributed by atoms with van der Waals surface area (Å²) >= 11 is 0. The topological polar surface area (TPSA) is 12.9 Å². The summed E-state index contributed by atoms with van der Waals surface area (Å²) in [5.41, 5.74) is 18.5. The normalized spacial score (nSPS) is 17.4. The van der Waals surface area contributed by atoms with E-state index in [2.05, 4.69) is 139 Å². The van der Waals surface area contributed by atoms with Gasteiger partial charge in [-0.3, -0.25) is 0 Å². The number of hydrogen-bond donors (Lipinski definition) is 0. The van der Waals surface area contributed by atoms with Gasteiger partial charge in [0.1, 0.15) is 0 Å². The van der Waals surface area contributed by atoms with Gasteiger partial charge in [0.25, 0.3) is 0 Å². The van der Waals surface area contributed by atoms with Gasteiger partial charge in [-0.1, -0.05) is 108 Å². The molecule has 0 saturated heterocycles. The van der Waals surface area contributed by atoms with Gasteiger partial charge in [-0.15, -0.1) is 34.9 Å². The fourth-order valence-electron chi connectivity index (χ4n) is 9.25. The molecule has 0 unspecified atom stereocenters. The average Bonchev–Trinajstić information content (AvgIpc) is 3.31. The molecule has 3 aliphatic carbocycles. The van der Waals surface area contributed by atoms with E-state index in [-0.39, 0.29) is 36.4 Å². The van der Waals surface area contributed by atoms with Crippen LogP contribution in [-0.4, -0.2) is 4.98 Å². The number of rotatable bonds is 2. The van der Waals surface area contributed by atoms with Crippen molar-refractivity contribution in [1.29, 1.82) is 0 Å². The van der Waals surface area contributed by atoms with Crippen LogP contribution in [-0.2, 0) is 49.2 Å². The van der Waals surface area contributed by atoms with Crippen LogP contribution in [0.2, 0.25) is 0 Å². The van der Waals surface area contributed by atoms with Crippen LogP contribution in [0.1, 0.15) is 98.9 Å². The standard InChI is InChI=1S/C46H42N.Ir/c1-44(2)37-14-10-9-13-34(37)35-18-15-30(25-40(35)44)31-16-19-38-41(26-31)46(5,6)42-27-33(17-20-39(42)45(38,3)4)43-36-24-29-12-8-7-11-28(29)23-32(36)21-22-47-43;/h9-10,13-16,18-27H,7-8,11-12H2,1-6H3;/q-1;. The van der Waals surface area contributed by atoms with E-state index >= 15 is 0 Å². The molecule has 0 atom stereocenters. The number of pyridine rings is 1. The SMILES string of the molecule is CC1(C)c2ccccc2-c2ccc(-c3ccc4c(c3)C(C)(C)c3cc(-c5nccc6cc7c(cc56)CCCC7)[c-]cc3C4(C)C)cc21.[Ir]. The summed E-state index contributed by atoms with van der Waals surface area (Å²) in [6.07, 6.45) is 6.91. The molecule has 0 N–H and O–H groups in total. The maximum absolute atomic E-state index is 4.98. The van der Waals surface area contributed by atoms with Crippen molar-refractivity contribution in [2.24, 2.45) is 0 Å². The summed E-state index contributed by atoms with van der Waals surface area (Å²) in [6, 6.07) is 38.7. The summed E-state index contributed by atoms with van der Waals surface area (Å²) in [6.45, 7) is 14.3. The molecule has 1 aromatic heterocycles. The molecule has 0 spiro atoms. The molecular weight excluding hydrogens is 759 g/mol. The number of fused-ring (bicyclic) bond motifs is 7. The molecule has 3 aliphatic rings. The third kappa shape index (κ3) is 4.42. The molecule has 1 nitrogen and oxygen atoms in total. The van der Waals surface area contributed by atoms with Crippen LogP contribution in [0.4, 0.5) is 0 Å². The molecule has 2 heteroatoms. The van der Waals surface area contributed by atoms with Gasteiger partial charge in [-0.05, 0) is 121 Å². The molecule has 48 heavy (non-hydrogen) atoms. The second-order valence-electron chi connectivity index (χ2n) is 15.8. The van der Waals surface area contributed by atoms with Gasteiger partial charge in [0, 0.05) is 31.7 Å². The predicted octanol–water partition coefficient (Wildman–Crippen LogP) is 11.5. The van der Waals surface area contributed by atoms with E-state index in [4.69, 9.17) is 4.98 Å². The number of benzene rings is 5. The predicted molar refractivity (Wildman–Crippen MR) is 196 cm³/mol. The first-order valence-electron chi connectivity index (χ1n) is 17.4. The van der Waals surface area contributed by atoms with E-state index in [1.165, 1.54) is 103 Å². The van der Waals surface area contributed by atoms with Crippen molar-refractivity contribution in [3.8, 4) is 33.5 Å². The summed E-state index contributed by atoms with van der Waals surface area (Å²) in [5.74, 6) is 0. The van der Waals surface area contributed by atoms with Gasteiger partial charge in [0.05, 0.1) is 0 Å². The molecule has 0 bridgehead atoms. The van der Waals surface area contributed by atoms with E-state index in [1.807, 2.05) is 6.20 Å². The molecular formula is C46H42IrN-. The van der Waals surface area contributed by atoms with E-state index in [0.717, 1.165) is 11.3 Å². The maximum atomic E-state index is 4.98. The van der Waals surface area contributed by atoms with Crippen LogP contribution in [0, 0.1) is 6.07 Å². The smallest absolute Gasteiger partial charge is 0.0167 e. The zero-order valence-corrected chi connectivity index (χ0v) is 31.2. The Balaban J connectivity index is 0.00000336. The van der Waals surface area contributed by atoms with Crippen LogP contribution in [0.5, 0.6) is 0 Å². The van der Waals surface area contributed by atoms with Crippen molar-refractivity contribution in [3.63, 3.8) is 0 Å². The Hall–Kier alpha value is -3.84. The van der Waals surface area contributed by atoms with E-state index in [9.17, 15) is 0 Å². The second-order valence-corrected chi connectivity index (χ2v) is 15.8. The van der Waals surface area contributed by atoms with Gasteiger partial charge < -0.3 is 4.98 Å². The third-order valence-corrected chi connectivity index (χ3v) is 12.1. The molecule has 1 heterocycles. The van der Waals surface area contributed by atoms with Crippen molar-refractivity contribution >= 4 is 10.8 Å². The average molecular weight is 801 g/mol. The molecule has 241 valence electrons. The summed E-state index contributed by atoms with van der Waals surface area (Å²) < 4.78 is 0. The second kappa shape index (κ2) is 10.8. The molecule has 0 saturated carbocycles. The first-order chi connectivity index (χ1) is 22.5. The molecule has 1 radical (unpaired) electrons. The van der Waals surface area contributed by atoms with Crippen molar-refractivity contribution in [1.82, 2.24) is 4.98 Å². The zero-order valence-electron chi connectivity index (χ0n) is 28.8. The van der Waals surface area contributed by atoms with Crippen LogP contribution < -0.4 is 0 Å².